The summed E-state index contributed by atoms with van der Waals surface area (Å²) in [5, 5.41) is 0. The highest BCUT2D eigenvalue weighted by atomic mass is 19.3. The summed E-state index contributed by atoms with van der Waals surface area (Å²) in [7, 11) is 0. The number of hydrogen-bond donors (Lipinski definition) is 1. The second-order valence-electron chi connectivity index (χ2n) is 2.77. The molecule has 0 atom stereocenters. The number of alkyl halides is 2. The predicted molar refractivity (Wildman–Crippen MR) is 46.6 cm³/mol. The molecule has 0 bridgehead atoms. The molecule has 0 saturated carbocycles. The summed E-state index contributed by atoms with van der Waals surface area (Å²) >= 11 is 0. The average Bonchev–Trinajstić information content (AvgIpc) is 2.15. The predicted octanol–water partition coefficient (Wildman–Crippen LogP) is 1.91. The van der Waals surface area contributed by atoms with Gasteiger partial charge in [0.15, 0.2) is 0 Å². The minimum absolute atomic E-state index is 0.0296. The second-order valence-corrected chi connectivity index (χ2v) is 2.77. The van der Waals surface area contributed by atoms with Crippen LogP contribution in [-0.2, 0) is 6.42 Å². The number of halogens is 2. The van der Waals surface area contributed by atoms with E-state index in [1.54, 1.807) is 0 Å². The van der Waals surface area contributed by atoms with Gasteiger partial charge in [0, 0.05) is 17.5 Å². The smallest absolute Gasteiger partial charge is 0.263 e. The molecule has 1 heterocycles. The van der Waals surface area contributed by atoms with Gasteiger partial charge in [0.1, 0.15) is 0 Å². The van der Waals surface area contributed by atoms with Crippen LogP contribution in [0.5, 0.6) is 0 Å². The first-order valence-corrected chi connectivity index (χ1v) is 4.17. The molecular formula is C9H12F2N2. The van der Waals surface area contributed by atoms with E-state index in [2.05, 4.69) is 4.98 Å². The third-order valence-electron chi connectivity index (χ3n) is 1.73. The zero-order chi connectivity index (χ0) is 9.68. The van der Waals surface area contributed by atoms with Gasteiger partial charge in [-0.1, -0.05) is 0 Å². The van der Waals surface area contributed by atoms with Gasteiger partial charge in [-0.2, -0.15) is 0 Å². The van der Waals surface area contributed by atoms with Gasteiger partial charge < -0.3 is 5.73 Å². The Labute approximate surface area is 75.8 Å². The topological polar surface area (TPSA) is 38.9 Å². The Morgan fingerprint density at radius 1 is 1.46 bits per heavy atom. The number of rotatable bonds is 4. The van der Waals surface area contributed by atoms with Gasteiger partial charge in [0.25, 0.3) is 6.43 Å². The molecule has 0 amide bonds. The van der Waals surface area contributed by atoms with Crippen LogP contribution in [0.2, 0.25) is 0 Å². The molecule has 72 valence electrons. The van der Waals surface area contributed by atoms with Gasteiger partial charge in [-0.25, -0.2) is 8.78 Å². The fourth-order valence-corrected chi connectivity index (χ4v) is 1.05. The molecule has 4 heteroatoms. The summed E-state index contributed by atoms with van der Waals surface area (Å²) in [5.74, 6) is 0. The van der Waals surface area contributed by atoms with Gasteiger partial charge >= 0.3 is 0 Å². The Morgan fingerprint density at radius 3 is 2.85 bits per heavy atom. The van der Waals surface area contributed by atoms with Gasteiger partial charge in [-0.05, 0) is 31.5 Å². The first kappa shape index (κ1) is 10.1. The van der Waals surface area contributed by atoms with Crippen LogP contribution >= 0.6 is 0 Å². The van der Waals surface area contributed by atoms with Crippen LogP contribution in [0.4, 0.5) is 8.78 Å². The molecule has 0 radical (unpaired) electrons. The van der Waals surface area contributed by atoms with Crippen LogP contribution in [0.25, 0.3) is 0 Å². The molecule has 0 saturated heterocycles. The van der Waals surface area contributed by atoms with Crippen molar-refractivity contribution >= 4 is 0 Å². The number of aromatic nitrogens is 1. The fourth-order valence-electron chi connectivity index (χ4n) is 1.05. The molecule has 2 N–H and O–H groups in total. The number of aryl methyl sites for hydroxylation is 1. The lowest BCUT2D eigenvalue weighted by Crippen LogP contribution is -2.01. The molecule has 0 unspecified atom stereocenters. The van der Waals surface area contributed by atoms with Crippen molar-refractivity contribution in [3.8, 4) is 0 Å². The van der Waals surface area contributed by atoms with Crippen molar-refractivity contribution in [2.24, 2.45) is 5.73 Å². The molecule has 0 aliphatic heterocycles. The van der Waals surface area contributed by atoms with E-state index >= 15 is 0 Å². The molecule has 0 aromatic carbocycles. The summed E-state index contributed by atoms with van der Waals surface area (Å²) in [6.07, 6.45) is 0.434. The molecule has 0 aliphatic rings. The van der Waals surface area contributed by atoms with Crippen LogP contribution in [0.3, 0.4) is 0 Å². The second kappa shape index (κ2) is 4.87. The van der Waals surface area contributed by atoms with Crippen molar-refractivity contribution in [1.29, 1.82) is 0 Å². The quantitative estimate of drug-likeness (QED) is 0.780. The highest BCUT2D eigenvalue weighted by Gasteiger charge is 2.06. The maximum Gasteiger partial charge on any atom is 0.263 e. The molecular weight excluding hydrogens is 174 g/mol. The minimum Gasteiger partial charge on any atom is -0.330 e. The summed E-state index contributed by atoms with van der Waals surface area (Å²) in [4.78, 5) is 3.97. The molecule has 0 fully saturated rings. The molecule has 0 spiro atoms. The molecule has 1 aromatic rings. The Morgan fingerprint density at radius 2 is 2.23 bits per heavy atom. The Balaban J connectivity index is 2.68. The number of nitrogens with two attached hydrogens (primary N) is 1. The van der Waals surface area contributed by atoms with E-state index in [0.29, 0.717) is 18.7 Å². The van der Waals surface area contributed by atoms with E-state index in [9.17, 15) is 8.78 Å². The maximum atomic E-state index is 12.2. The third-order valence-corrected chi connectivity index (χ3v) is 1.73. The average molecular weight is 186 g/mol. The highest BCUT2D eigenvalue weighted by molar-refractivity contribution is 5.17. The van der Waals surface area contributed by atoms with Crippen LogP contribution in [0, 0.1) is 0 Å². The highest BCUT2D eigenvalue weighted by Crippen LogP contribution is 2.18. The van der Waals surface area contributed by atoms with E-state index in [-0.39, 0.29) is 5.56 Å². The first-order valence-electron chi connectivity index (χ1n) is 4.17. The third kappa shape index (κ3) is 3.06. The lowest BCUT2D eigenvalue weighted by molar-refractivity contribution is 0.151. The Kier molecular flexibility index (Phi) is 3.76. The summed E-state index contributed by atoms with van der Waals surface area (Å²) in [5.41, 5.74) is 6.01. The van der Waals surface area contributed by atoms with Crippen LogP contribution in [0.15, 0.2) is 18.3 Å². The van der Waals surface area contributed by atoms with Crippen molar-refractivity contribution in [1.82, 2.24) is 4.98 Å². The minimum atomic E-state index is -2.42. The van der Waals surface area contributed by atoms with E-state index in [1.807, 2.05) is 0 Å². The monoisotopic (exact) mass is 186 g/mol. The zero-order valence-corrected chi connectivity index (χ0v) is 7.21. The van der Waals surface area contributed by atoms with Crippen molar-refractivity contribution in [2.75, 3.05) is 6.54 Å². The lowest BCUT2D eigenvalue weighted by Gasteiger charge is -2.02. The fraction of sp³-hybridized carbons (Fsp3) is 0.444. The van der Waals surface area contributed by atoms with Crippen molar-refractivity contribution in [2.45, 2.75) is 19.3 Å². The van der Waals surface area contributed by atoms with Gasteiger partial charge in [-0.3, -0.25) is 4.98 Å². The number of hydrogen-bond acceptors (Lipinski definition) is 2. The van der Waals surface area contributed by atoms with Crippen molar-refractivity contribution in [3.63, 3.8) is 0 Å². The molecule has 2 nitrogen and oxygen atoms in total. The van der Waals surface area contributed by atoms with E-state index in [0.717, 1.165) is 6.42 Å². The van der Waals surface area contributed by atoms with E-state index in [4.69, 9.17) is 5.73 Å². The summed E-state index contributed by atoms with van der Waals surface area (Å²) < 4.78 is 24.4. The summed E-state index contributed by atoms with van der Waals surface area (Å²) in [6.45, 7) is 0.556. The largest absolute Gasteiger partial charge is 0.330 e. The van der Waals surface area contributed by atoms with E-state index < -0.39 is 6.43 Å². The van der Waals surface area contributed by atoms with E-state index in [1.165, 1.54) is 18.3 Å². The lowest BCUT2D eigenvalue weighted by atomic mass is 10.1. The van der Waals surface area contributed by atoms with Crippen LogP contribution in [-0.4, -0.2) is 11.5 Å². The SMILES string of the molecule is NCCCc1cc(C(F)F)ccn1. The molecule has 1 aromatic heterocycles. The standard InChI is InChI=1S/C9H12F2N2/c10-9(11)7-3-5-13-8(6-7)2-1-4-12/h3,5-6,9H,1-2,4,12H2. The van der Waals surface area contributed by atoms with Crippen LogP contribution < -0.4 is 5.73 Å². The molecule has 0 aliphatic carbocycles. The summed E-state index contributed by atoms with van der Waals surface area (Å²) in [6, 6.07) is 2.76. The van der Waals surface area contributed by atoms with Gasteiger partial charge in [0.2, 0.25) is 0 Å². The molecule has 13 heavy (non-hydrogen) atoms. The van der Waals surface area contributed by atoms with Crippen molar-refractivity contribution in [3.05, 3.63) is 29.6 Å². The maximum absolute atomic E-state index is 12.2. The number of nitrogens with zero attached hydrogens (tertiary/aromatic N) is 1. The van der Waals surface area contributed by atoms with Gasteiger partial charge in [-0.15, -0.1) is 0 Å². The van der Waals surface area contributed by atoms with Crippen LogP contribution in [0.1, 0.15) is 24.1 Å². The Hall–Kier alpha value is -1.03. The molecule has 1 rings (SSSR count). The number of pyridine rings is 1. The van der Waals surface area contributed by atoms with Gasteiger partial charge in [0.05, 0.1) is 0 Å². The zero-order valence-electron chi connectivity index (χ0n) is 7.21. The normalized spacial score (nSPS) is 10.8. The first-order chi connectivity index (χ1) is 6.24. The van der Waals surface area contributed by atoms with Crippen molar-refractivity contribution < 1.29 is 8.78 Å². The Bertz CT molecular complexity index is 264.